The molecule has 0 amide bonds. The van der Waals surface area contributed by atoms with Gasteiger partial charge in [-0.3, -0.25) is 23.7 Å². The van der Waals surface area contributed by atoms with Crippen LogP contribution in [0.2, 0.25) is 0 Å². The fourth-order valence-electron chi connectivity index (χ4n) is 10.8. The number of hydrogen-bond acceptors (Lipinski definition) is 2. The summed E-state index contributed by atoms with van der Waals surface area (Å²) in [7, 11) is -3.39. The average molecular weight is 2020 g/mol. The molecule has 0 aliphatic heterocycles. The van der Waals surface area contributed by atoms with Crippen molar-refractivity contribution in [2.24, 2.45) is 0 Å². The van der Waals surface area contributed by atoms with Crippen LogP contribution in [0.1, 0.15) is 22.3 Å². The van der Waals surface area contributed by atoms with E-state index in [4.69, 9.17) is 25.7 Å². The Morgan fingerprint density at radius 1 is 0.217 bits per heavy atom. The molecule has 0 saturated heterocycles. The van der Waals surface area contributed by atoms with Crippen LogP contribution in [0.5, 0.6) is 0 Å². The third-order valence-corrected chi connectivity index (χ3v) is 31.4. The first kappa shape index (κ1) is 73.4. The van der Waals surface area contributed by atoms with Crippen molar-refractivity contribution in [3.63, 3.8) is 0 Å². The second-order valence-corrected chi connectivity index (χ2v) is 34.2. The topological polar surface area (TPSA) is 0 Å². The first-order valence-corrected chi connectivity index (χ1v) is 37.4. The molecule has 2 aromatic heterocycles. The van der Waals surface area contributed by atoms with Crippen LogP contribution in [0.4, 0.5) is 0 Å². The van der Waals surface area contributed by atoms with E-state index in [1.165, 1.54) is 74.4 Å². The van der Waals surface area contributed by atoms with E-state index in [1.54, 1.807) is 22.7 Å². The predicted molar refractivity (Wildman–Crippen MR) is 395 cm³/mol. The largest absolute Gasteiger partial charge is 1.00 e. The molecular formula is C82H60Au4P4S2+4. The van der Waals surface area contributed by atoms with Gasteiger partial charge in [0.2, 0.25) is 0 Å². The van der Waals surface area contributed by atoms with Gasteiger partial charge in [-0.25, -0.2) is 0 Å². The summed E-state index contributed by atoms with van der Waals surface area (Å²) in [6.07, 6.45) is 28.6. The molecule has 0 nitrogen and oxygen atoms in total. The minimum absolute atomic E-state index is 0. The molecule has 0 aliphatic rings. The maximum absolute atomic E-state index is 7.16. The van der Waals surface area contributed by atoms with Gasteiger partial charge >= 0.3 is 89.5 Å². The first-order valence-electron chi connectivity index (χ1n) is 29.0. The zero-order valence-electron chi connectivity index (χ0n) is 49.5. The van der Waals surface area contributed by atoms with Crippen LogP contribution >= 0.6 is 54.4 Å². The molecule has 0 unspecified atom stereocenters. The van der Waals surface area contributed by atoms with E-state index < -0.39 is 31.7 Å². The molecule has 0 fully saturated rings. The maximum Gasteiger partial charge on any atom is 1.00 e. The van der Waals surface area contributed by atoms with Gasteiger partial charge in [-0.15, -0.1) is 93.5 Å². The summed E-state index contributed by atoms with van der Waals surface area (Å²) in [5.41, 5.74) is 3.17. The summed E-state index contributed by atoms with van der Waals surface area (Å²) in [6.45, 7) is 0. The first-order chi connectivity index (χ1) is 43.5. The smallest absolute Gasteiger partial charge is 0.366 e. The van der Waals surface area contributed by atoms with Crippen LogP contribution in [0, 0.1) is 49.4 Å². The van der Waals surface area contributed by atoms with Crippen LogP contribution in [-0.2, 0) is 89.5 Å². The summed E-state index contributed by atoms with van der Waals surface area (Å²) >= 11 is 3.40. The number of benzene rings is 12. The molecule has 2 heterocycles. The van der Waals surface area contributed by atoms with Crippen molar-refractivity contribution in [1.29, 1.82) is 0 Å². The molecule has 14 rings (SSSR count). The van der Waals surface area contributed by atoms with E-state index in [0.717, 1.165) is 42.4 Å². The van der Waals surface area contributed by atoms with E-state index >= 15 is 0 Å². The van der Waals surface area contributed by atoms with Gasteiger partial charge in [0.1, 0.15) is 74.1 Å². The van der Waals surface area contributed by atoms with E-state index in [-0.39, 0.29) is 89.5 Å². The van der Waals surface area contributed by atoms with Crippen LogP contribution in [0.25, 0.3) is 40.3 Å². The average Bonchev–Trinajstić information content (AvgIpc) is 1.63. The molecule has 0 radical (unpaired) electrons. The Bertz CT molecular complexity index is 4120. The van der Waals surface area contributed by atoms with E-state index in [0.29, 0.717) is 0 Å². The van der Waals surface area contributed by atoms with Crippen molar-refractivity contribution in [3.05, 3.63) is 363 Å². The number of fused-ring (bicyclic) bond motifs is 6. The van der Waals surface area contributed by atoms with Crippen LogP contribution < -0.4 is 42.4 Å². The maximum atomic E-state index is 7.16. The van der Waals surface area contributed by atoms with Gasteiger partial charge in [0.05, 0.1) is 0 Å². The standard InChI is InChI=1S/2C25H22P2.2C16H6S.4Au/c2*1-5-13-22(14-6-1)26(23-15-7-2-8-16-23)21-27(24-17-9-3-10-18-24)25-19-11-4-12-20-25;2*1-3-11-6-8-15-14(9-11)13-7-5-12(4-2)10-16(13)17-15;;;;/h2*1-20H,21H2;2*5-10H;;;;/q;;2*-2;4*+1/p+4. The number of rotatable bonds is 12. The molecule has 460 valence electrons. The normalized spacial score (nSPS) is 10.3. The zero-order valence-corrected chi connectivity index (χ0v) is 63.8. The van der Waals surface area contributed by atoms with Crippen molar-refractivity contribution in [1.82, 2.24) is 0 Å². The Kier molecular flexibility index (Phi) is 30.1. The van der Waals surface area contributed by atoms with Gasteiger partial charge < -0.3 is 25.7 Å². The van der Waals surface area contributed by atoms with Crippen molar-refractivity contribution >= 4 is 137 Å². The number of thiophene rings is 2. The van der Waals surface area contributed by atoms with Crippen molar-refractivity contribution in [2.45, 2.75) is 0 Å². The van der Waals surface area contributed by atoms with E-state index in [2.05, 4.69) is 266 Å². The Balaban J connectivity index is 0.000000175. The van der Waals surface area contributed by atoms with Crippen LogP contribution in [0.15, 0.2) is 315 Å². The SMILES string of the molecule is [Au+].[Au+].[Au+].[Au+].[C-]#Cc1ccc2c(c1)sc1ccc(C#[C-])cc12.[C-]#Cc1ccc2c(c1)sc1ccc(C#[C-])cc12.c1ccc([PH+](C[PH+](c2ccccc2)c2ccccc2)c2ccccc2)cc1.c1ccc([PH+](C[PH+](c2ccccc2)c2ccccc2)c2ccccc2)cc1. The fourth-order valence-corrected chi connectivity index (χ4v) is 28.5. The summed E-state index contributed by atoms with van der Waals surface area (Å²) in [5, 5.41) is 16.7. The quantitative estimate of drug-likeness (QED) is 0.0495. The van der Waals surface area contributed by atoms with Gasteiger partial charge in [0.25, 0.3) is 0 Å². The Labute approximate surface area is 618 Å². The molecule has 0 aliphatic carbocycles. The molecule has 0 atom stereocenters. The summed E-state index contributed by atoms with van der Waals surface area (Å²) < 4.78 is 4.70. The molecule has 10 heteroatoms. The minimum Gasteiger partial charge on any atom is -0.366 e. The van der Waals surface area contributed by atoms with Crippen LogP contribution in [-0.4, -0.2) is 11.8 Å². The van der Waals surface area contributed by atoms with Gasteiger partial charge in [0, 0.05) is 18.8 Å². The third kappa shape index (κ3) is 19.1. The van der Waals surface area contributed by atoms with Crippen molar-refractivity contribution < 1.29 is 89.5 Å². The molecule has 0 N–H and O–H groups in total. The van der Waals surface area contributed by atoms with Crippen molar-refractivity contribution in [3.8, 4) is 23.7 Å². The van der Waals surface area contributed by atoms with Gasteiger partial charge in [0.15, 0.2) is 11.8 Å². The van der Waals surface area contributed by atoms with Gasteiger partial charge in [-0.1, -0.05) is 170 Å². The van der Waals surface area contributed by atoms with E-state index in [1.807, 2.05) is 72.8 Å². The van der Waals surface area contributed by atoms with Crippen LogP contribution in [0.3, 0.4) is 0 Å². The van der Waals surface area contributed by atoms with Gasteiger partial charge in [-0.2, -0.15) is 0 Å². The molecular weight excluding hydrogens is 1960 g/mol. The summed E-state index contributed by atoms with van der Waals surface area (Å²) in [4.78, 5) is 0. The fraction of sp³-hybridized carbons (Fsp3) is 0.0244. The molecule has 0 saturated carbocycles. The third-order valence-electron chi connectivity index (χ3n) is 15.2. The second kappa shape index (κ2) is 37.8. The Morgan fingerprint density at radius 3 is 0.620 bits per heavy atom. The molecule has 92 heavy (non-hydrogen) atoms. The molecule has 0 bridgehead atoms. The molecule has 0 spiro atoms. The Hall–Kier alpha value is -6.00. The summed E-state index contributed by atoms with van der Waals surface area (Å²) in [6, 6.07) is 112. The molecule has 14 aromatic rings. The van der Waals surface area contributed by atoms with E-state index in [9.17, 15) is 0 Å². The minimum atomic E-state index is -0.847. The molecule has 12 aromatic carbocycles. The monoisotopic (exact) mass is 2020 g/mol. The van der Waals surface area contributed by atoms with Gasteiger partial charge in [-0.05, 0) is 119 Å². The predicted octanol–water partition coefficient (Wildman–Crippen LogP) is 17.2. The Morgan fingerprint density at radius 2 is 0.413 bits per heavy atom. The number of hydrogen-bond donors (Lipinski definition) is 0. The van der Waals surface area contributed by atoms with Crippen molar-refractivity contribution in [2.75, 3.05) is 11.8 Å². The zero-order chi connectivity index (χ0) is 60.3. The summed E-state index contributed by atoms with van der Waals surface area (Å²) in [5.74, 6) is 12.1. The second-order valence-electron chi connectivity index (χ2n) is 20.7.